The van der Waals surface area contributed by atoms with E-state index in [1.165, 1.54) is 0 Å². The number of nitrogens with zero attached hydrogens (tertiary/aromatic N) is 4. The summed E-state index contributed by atoms with van der Waals surface area (Å²) >= 11 is 0. The van der Waals surface area contributed by atoms with Crippen LogP contribution >= 0.6 is 0 Å². The van der Waals surface area contributed by atoms with Crippen LogP contribution in [-0.4, -0.2) is 49.1 Å². The molecule has 140 valence electrons. The third-order valence-corrected chi connectivity index (χ3v) is 5.01. The van der Waals surface area contributed by atoms with Gasteiger partial charge in [-0.3, -0.25) is 4.79 Å². The van der Waals surface area contributed by atoms with E-state index in [2.05, 4.69) is 11.0 Å². The molecule has 0 radical (unpaired) electrons. The molecular weight excluding hydrogens is 352 g/mol. The SMILES string of the molecule is COc1ccc2nc(N3CCN(C(=O)c4ccccc4)CC3)c(C#N)cc2c1. The van der Waals surface area contributed by atoms with Crippen molar-refractivity contribution >= 4 is 22.6 Å². The van der Waals surface area contributed by atoms with Gasteiger partial charge in [0.05, 0.1) is 18.2 Å². The highest BCUT2D eigenvalue weighted by atomic mass is 16.5. The van der Waals surface area contributed by atoms with Crippen molar-refractivity contribution in [2.24, 2.45) is 0 Å². The molecule has 6 heteroatoms. The molecule has 2 heterocycles. The lowest BCUT2D eigenvalue weighted by Gasteiger charge is -2.35. The standard InChI is InChI=1S/C22H20N4O2/c1-28-19-7-8-20-17(14-19)13-18(15-23)21(24-20)25-9-11-26(12-10-25)22(27)16-5-3-2-4-6-16/h2-8,13-14H,9-12H2,1H3. The summed E-state index contributed by atoms with van der Waals surface area (Å²) in [5.41, 5.74) is 2.05. The van der Waals surface area contributed by atoms with Gasteiger partial charge in [0.2, 0.25) is 0 Å². The molecule has 0 bridgehead atoms. The van der Waals surface area contributed by atoms with Gasteiger partial charge in [-0.25, -0.2) is 4.98 Å². The van der Waals surface area contributed by atoms with Crippen LogP contribution in [0, 0.1) is 11.3 Å². The highest BCUT2D eigenvalue weighted by Gasteiger charge is 2.24. The Balaban J connectivity index is 1.55. The second-order valence-corrected chi connectivity index (χ2v) is 6.68. The van der Waals surface area contributed by atoms with Crippen molar-refractivity contribution in [3.05, 3.63) is 65.7 Å². The first kappa shape index (κ1) is 17.8. The second kappa shape index (κ2) is 7.57. The first-order valence-corrected chi connectivity index (χ1v) is 9.18. The van der Waals surface area contributed by atoms with Gasteiger partial charge in [-0.1, -0.05) is 18.2 Å². The topological polar surface area (TPSA) is 69.5 Å². The highest BCUT2D eigenvalue weighted by molar-refractivity contribution is 5.94. The molecule has 1 saturated heterocycles. The van der Waals surface area contributed by atoms with Gasteiger partial charge in [-0.05, 0) is 36.4 Å². The largest absolute Gasteiger partial charge is 0.497 e. The fourth-order valence-corrected chi connectivity index (χ4v) is 3.48. The Kier molecular flexibility index (Phi) is 4.81. The number of amides is 1. The zero-order valence-corrected chi connectivity index (χ0v) is 15.6. The molecule has 0 unspecified atom stereocenters. The number of aromatic nitrogens is 1. The predicted molar refractivity (Wildman–Crippen MR) is 108 cm³/mol. The molecule has 1 aromatic heterocycles. The van der Waals surface area contributed by atoms with Gasteiger partial charge in [-0.2, -0.15) is 5.26 Å². The third-order valence-electron chi connectivity index (χ3n) is 5.01. The normalized spacial score (nSPS) is 14.0. The van der Waals surface area contributed by atoms with Crippen molar-refractivity contribution in [1.29, 1.82) is 5.26 Å². The number of hydrogen-bond donors (Lipinski definition) is 0. The summed E-state index contributed by atoms with van der Waals surface area (Å²) < 4.78 is 5.25. The van der Waals surface area contributed by atoms with E-state index in [4.69, 9.17) is 9.72 Å². The van der Waals surface area contributed by atoms with Crippen LogP contribution < -0.4 is 9.64 Å². The molecule has 6 nitrogen and oxygen atoms in total. The lowest BCUT2D eigenvalue weighted by molar-refractivity contribution is 0.0746. The Morgan fingerprint density at radius 1 is 1.07 bits per heavy atom. The zero-order chi connectivity index (χ0) is 19.5. The number of carbonyl (C=O) groups is 1. The van der Waals surface area contributed by atoms with E-state index in [-0.39, 0.29) is 5.91 Å². The van der Waals surface area contributed by atoms with Crippen LogP contribution in [0.1, 0.15) is 15.9 Å². The number of pyridine rings is 1. The number of rotatable bonds is 3. The number of hydrogen-bond acceptors (Lipinski definition) is 5. The number of methoxy groups -OCH3 is 1. The average Bonchev–Trinajstić information content (AvgIpc) is 2.78. The maximum Gasteiger partial charge on any atom is 0.253 e. The lowest BCUT2D eigenvalue weighted by Crippen LogP contribution is -2.49. The summed E-state index contributed by atoms with van der Waals surface area (Å²) in [6.45, 7) is 2.48. The molecule has 2 aromatic carbocycles. The molecule has 0 saturated carbocycles. The Morgan fingerprint density at radius 2 is 1.82 bits per heavy atom. The molecule has 1 amide bonds. The third kappa shape index (κ3) is 3.35. The number of benzene rings is 2. The molecule has 3 aromatic rings. The molecule has 0 atom stereocenters. The molecule has 1 aliphatic heterocycles. The summed E-state index contributed by atoms with van der Waals surface area (Å²) in [5.74, 6) is 1.45. The number of ether oxygens (including phenoxy) is 1. The van der Waals surface area contributed by atoms with Gasteiger partial charge >= 0.3 is 0 Å². The Bertz CT molecular complexity index is 1050. The van der Waals surface area contributed by atoms with E-state index in [1.807, 2.05) is 59.5 Å². The van der Waals surface area contributed by atoms with Gasteiger partial charge in [0.15, 0.2) is 0 Å². The fourth-order valence-electron chi connectivity index (χ4n) is 3.48. The van der Waals surface area contributed by atoms with E-state index >= 15 is 0 Å². The first-order chi connectivity index (χ1) is 13.7. The Labute approximate surface area is 163 Å². The van der Waals surface area contributed by atoms with Crippen LogP contribution in [0.3, 0.4) is 0 Å². The fraction of sp³-hybridized carbons (Fsp3) is 0.227. The number of fused-ring (bicyclic) bond motifs is 1. The molecule has 28 heavy (non-hydrogen) atoms. The summed E-state index contributed by atoms with van der Waals surface area (Å²) in [4.78, 5) is 21.3. The van der Waals surface area contributed by atoms with Crippen molar-refractivity contribution in [2.75, 3.05) is 38.2 Å². The Hall–Kier alpha value is -3.59. The maximum atomic E-state index is 12.6. The number of nitriles is 1. The molecule has 0 spiro atoms. The van der Waals surface area contributed by atoms with Gasteiger partial charge < -0.3 is 14.5 Å². The summed E-state index contributed by atoms with van der Waals surface area (Å²) in [7, 11) is 1.62. The van der Waals surface area contributed by atoms with Gasteiger partial charge in [0.1, 0.15) is 17.6 Å². The second-order valence-electron chi connectivity index (χ2n) is 6.68. The number of carbonyl (C=O) groups excluding carboxylic acids is 1. The molecule has 1 aliphatic rings. The van der Waals surface area contributed by atoms with Crippen molar-refractivity contribution in [3.63, 3.8) is 0 Å². The minimum Gasteiger partial charge on any atom is -0.497 e. The smallest absolute Gasteiger partial charge is 0.253 e. The van der Waals surface area contributed by atoms with E-state index < -0.39 is 0 Å². The van der Waals surface area contributed by atoms with Crippen molar-refractivity contribution in [2.45, 2.75) is 0 Å². The maximum absolute atomic E-state index is 12.6. The molecule has 1 fully saturated rings. The number of piperazine rings is 1. The summed E-state index contributed by atoms with van der Waals surface area (Å²) in [5, 5.41) is 10.5. The summed E-state index contributed by atoms with van der Waals surface area (Å²) in [6.07, 6.45) is 0. The van der Waals surface area contributed by atoms with Crippen LogP contribution in [0.4, 0.5) is 5.82 Å². The van der Waals surface area contributed by atoms with E-state index in [1.54, 1.807) is 7.11 Å². The minimum atomic E-state index is 0.0410. The van der Waals surface area contributed by atoms with Gasteiger partial charge in [-0.15, -0.1) is 0 Å². The average molecular weight is 372 g/mol. The van der Waals surface area contributed by atoms with Crippen LogP contribution in [0.5, 0.6) is 5.75 Å². The van der Waals surface area contributed by atoms with E-state index in [9.17, 15) is 10.1 Å². The van der Waals surface area contributed by atoms with Crippen molar-refractivity contribution in [3.8, 4) is 11.8 Å². The van der Waals surface area contributed by atoms with Crippen LogP contribution in [0.25, 0.3) is 10.9 Å². The molecule has 0 aliphatic carbocycles. The van der Waals surface area contributed by atoms with Crippen molar-refractivity contribution < 1.29 is 9.53 Å². The van der Waals surface area contributed by atoms with Crippen LogP contribution in [0.15, 0.2) is 54.6 Å². The summed E-state index contributed by atoms with van der Waals surface area (Å²) in [6, 6.07) is 19.1. The van der Waals surface area contributed by atoms with Crippen molar-refractivity contribution in [1.82, 2.24) is 9.88 Å². The van der Waals surface area contributed by atoms with Crippen LogP contribution in [-0.2, 0) is 0 Å². The molecule has 0 N–H and O–H groups in total. The molecule has 4 rings (SSSR count). The van der Waals surface area contributed by atoms with Gasteiger partial charge in [0.25, 0.3) is 5.91 Å². The van der Waals surface area contributed by atoms with E-state index in [0.717, 1.165) is 16.7 Å². The molecular formula is C22H20N4O2. The van der Waals surface area contributed by atoms with E-state index in [0.29, 0.717) is 43.1 Å². The first-order valence-electron chi connectivity index (χ1n) is 9.18. The van der Waals surface area contributed by atoms with Gasteiger partial charge in [0, 0.05) is 37.1 Å². The zero-order valence-electron chi connectivity index (χ0n) is 15.6. The Morgan fingerprint density at radius 3 is 2.50 bits per heavy atom. The van der Waals surface area contributed by atoms with Crippen LogP contribution in [0.2, 0.25) is 0 Å². The minimum absolute atomic E-state index is 0.0410. The highest BCUT2D eigenvalue weighted by Crippen LogP contribution is 2.27. The number of anilines is 1. The predicted octanol–water partition coefficient (Wildman–Crippen LogP) is 3.08. The monoisotopic (exact) mass is 372 g/mol. The lowest BCUT2D eigenvalue weighted by atomic mass is 10.1. The quantitative estimate of drug-likeness (QED) is 0.707.